The van der Waals surface area contributed by atoms with Crippen molar-refractivity contribution in [1.29, 1.82) is 0 Å². The van der Waals surface area contributed by atoms with Crippen molar-refractivity contribution in [1.82, 2.24) is 15.0 Å². The summed E-state index contributed by atoms with van der Waals surface area (Å²) in [6.07, 6.45) is 0.691. The van der Waals surface area contributed by atoms with Crippen LogP contribution in [0, 0.1) is 0 Å². The van der Waals surface area contributed by atoms with Gasteiger partial charge < -0.3 is 5.73 Å². The summed E-state index contributed by atoms with van der Waals surface area (Å²) in [5, 5.41) is 7.82. The molecule has 0 unspecified atom stereocenters. The van der Waals surface area contributed by atoms with E-state index in [0.29, 0.717) is 17.5 Å². The molecule has 19 heavy (non-hydrogen) atoms. The van der Waals surface area contributed by atoms with Crippen LogP contribution in [0.3, 0.4) is 0 Å². The van der Waals surface area contributed by atoms with Gasteiger partial charge in [0, 0.05) is 5.56 Å². The topological polar surface area (TPSA) is 90.9 Å². The molecular formula is C13H14N4O2. The van der Waals surface area contributed by atoms with Crippen molar-refractivity contribution in [2.24, 2.45) is 5.73 Å². The zero-order chi connectivity index (χ0) is 14.0. The summed E-state index contributed by atoms with van der Waals surface area (Å²) in [4.78, 5) is 22.0. The van der Waals surface area contributed by atoms with Crippen molar-refractivity contribution in [3.8, 4) is 5.69 Å². The minimum absolute atomic E-state index is 0.103. The molecule has 1 heterocycles. The summed E-state index contributed by atoms with van der Waals surface area (Å²) in [6, 6.07) is 6.67. The van der Waals surface area contributed by atoms with Gasteiger partial charge in [-0.3, -0.25) is 9.59 Å². The van der Waals surface area contributed by atoms with Gasteiger partial charge in [-0.05, 0) is 30.2 Å². The minimum Gasteiger partial charge on any atom is -0.366 e. The third-order valence-electron chi connectivity index (χ3n) is 2.79. The second-order valence-electron chi connectivity index (χ2n) is 4.46. The summed E-state index contributed by atoms with van der Waals surface area (Å²) in [5.74, 6) is -0.381. The molecule has 0 fully saturated rings. The van der Waals surface area contributed by atoms with Gasteiger partial charge in [-0.1, -0.05) is 19.1 Å². The largest absolute Gasteiger partial charge is 0.366 e. The number of benzene rings is 1. The van der Waals surface area contributed by atoms with Crippen LogP contribution in [0.15, 0.2) is 24.3 Å². The number of amides is 1. The Hall–Kier alpha value is -2.50. The number of aromatic nitrogens is 3. The molecule has 0 atom stereocenters. The molecule has 6 nitrogen and oxygen atoms in total. The van der Waals surface area contributed by atoms with Crippen LogP contribution in [-0.4, -0.2) is 27.2 Å². The molecule has 0 aliphatic rings. The third-order valence-corrected chi connectivity index (χ3v) is 2.79. The van der Waals surface area contributed by atoms with Crippen LogP contribution < -0.4 is 5.73 Å². The van der Waals surface area contributed by atoms with Gasteiger partial charge in [-0.2, -0.15) is 0 Å². The van der Waals surface area contributed by atoms with E-state index in [1.54, 1.807) is 28.9 Å². The van der Waals surface area contributed by atoms with Gasteiger partial charge in [0.15, 0.2) is 6.29 Å². The molecule has 0 aliphatic carbocycles. The quantitative estimate of drug-likeness (QED) is 0.837. The Morgan fingerprint density at radius 1 is 1.32 bits per heavy atom. The molecule has 2 N–H and O–H groups in total. The fourth-order valence-corrected chi connectivity index (χ4v) is 1.88. The first-order chi connectivity index (χ1) is 9.04. The molecule has 2 aromatic rings. The first-order valence-corrected chi connectivity index (χ1v) is 5.85. The normalized spacial score (nSPS) is 10.7. The summed E-state index contributed by atoms with van der Waals surface area (Å²) < 4.78 is 1.60. The maximum atomic E-state index is 11.0. The van der Waals surface area contributed by atoms with Crippen LogP contribution in [0.25, 0.3) is 5.69 Å². The predicted molar refractivity (Wildman–Crippen MR) is 69.4 cm³/mol. The van der Waals surface area contributed by atoms with Gasteiger partial charge >= 0.3 is 0 Å². The average Bonchev–Trinajstić information content (AvgIpc) is 2.82. The van der Waals surface area contributed by atoms with E-state index < -0.39 is 5.91 Å². The average molecular weight is 258 g/mol. The lowest BCUT2D eigenvalue weighted by Crippen LogP contribution is -2.11. The molecule has 0 saturated heterocycles. The van der Waals surface area contributed by atoms with E-state index in [1.165, 1.54) is 0 Å². The zero-order valence-electron chi connectivity index (χ0n) is 10.7. The smallest absolute Gasteiger partial charge is 0.248 e. The maximum absolute atomic E-state index is 11.0. The highest BCUT2D eigenvalue weighted by molar-refractivity contribution is 5.92. The van der Waals surface area contributed by atoms with Crippen LogP contribution in [0.2, 0.25) is 0 Å². The standard InChI is InChI=1S/C13H14N4O2/c1-8(2)12-11(7-18)15-16-17(12)10-5-3-9(4-6-10)13(14)19/h3-8H,1-2H3,(H2,14,19). The van der Waals surface area contributed by atoms with E-state index in [9.17, 15) is 9.59 Å². The van der Waals surface area contributed by atoms with Gasteiger partial charge in [0.05, 0.1) is 11.4 Å². The maximum Gasteiger partial charge on any atom is 0.248 e. The fourth-order valence-electron chi connectivity index (χ4n) is 1.88. The lowest BCUT2D eigenvalue weighted by molar-refractivity contribution is 0.1000. The highest BCUT2D eigenvalue weighted by atomic mass is 16.1. The number of hydrogen-bond donors (Lipinski definition) is 1. The number of carbonyl (C=O) groups excluding carboxylic acids is 2. The summed E-state index contributed by atoms with van der Waals surface area (Å²) in [6.45, 7) is 3.92. The van der Waals surface area contributed by atoms with Crippen LogP contribution in [0.4, 0.5) is 0 Å². The molecule has 0 aliphatic heterocycles. The second-order valence-corrected chi connectivity index (χ2v) is 4.46. The number of hydrogen-bond acceptors (Lipinski definition) is 4. The van der Waals surface area contributed by atoms with E-state index in [2.05, 4.69) is 10.3 Å². The summed E-state index contributed by atoms with van der Waals surface area (Å²) >= 11 is 0. The van der Waals surface area contributed by atoms with Crippen molar-refractivity contribution in [3.63, 3.8) is 0 Å². The van der Waals surface area contributed by atoms with Crippen molar-refractivity contribution in [2.75, 3.05) is 0 Å². The van der Waals surface area contributed by atoms with Crippen molar-refractivity contribution < 1.29 is 9.59 Å². The minimum atomic E-state index is -0.484. The first kappa shape index (κ1) is 12.9. The molecule has 1 aromatic carbocycles. The summed E-state index contributed by atoms with van der Waals surface area (Å²) in [5.41, 5.74) is 7.40. The number of nitrogens with two attached hydrogens (primary N) is 1. The van der Waals surface area contributed by atoms with Gasteiger partial charge in [-0.25, -0.2) is 4.68 Å². The van der Waals surface area contributed by atoms with Gasteiger partial charge in [0.1, 0.15) is 5.69 Å². The highest BCUT2D eigenvalue weighted by Crippen LogP contribution is 2.20. The van der Waals surface area contributed by atoms with E-state index >= 15 is 0 Å². The lowest BCUT2D eigenvalue weighted by Gasteiger charge is -2.09. The third kappa shape index (κ3) is 2.37. The van der Waals surface area contributed by atoms with Crippen LogP contribution in [-0.2, 0) is 0 Å². The molecule has 0 bridgehead atoms. The molecule has 0 radical (unpaired) electrons. The fraction of sp³-hybridized carbons (Fsp3) is 0.231. The molecule has 98 valence electrons. The van der Waals surface area contributed by atoms with Crippen LogP contribution in [0.1, 0.15) is 46.3 Å². The lowest BCUT2D eigenvalue weighted by atomic mass is 10.1. The van der Waals surface area contributed by atoms with Gasteiger partial charge in [0.2, 0.25) is 5.91 Å². The predicted octanol–water partition coefficient (Wildman–Crippen LogP) is 1.30. The van der Waals surface area contributed by atoms with E-state index in [0.717, 1.165) is 11.4 Å². The molecule has 1 amide bonds. The molecular weight excluding hydrogens is 244 g/mol. The molecule has 6 heteroatoms. The molecule has 2 rings (SSSR count). The Morgan fingerprint density at radius 3 is 2.42 bits per heavy atom. The van der Waals surface area contributed by atoms with Crippen LogP contribution in [0.5, 0.6) is 0 Å². The Balaban J connectivity index is 2.49. The monoisotopic (exact) mass is 258 g/mol. The van der Waals surface area contributed by atoms with E-state index in [1.807, 2.05) is 13.8 Å². The second kappa shape index (κ2) is 5.01. The number of rotatable bonds is 4. The van der Waals surface area contributed by atoms with Crippen molar-refractivity contribution in [3.05, 3.63) is 41.2 Å². The molecule has 0 saturated carbocycles. The number of primary amides is 1. The number of aldehydes is 1. The Kier molecular flexibility index (Phi) is 3.41. The molecule has 0 spiro atoms. The SMILES string of the molecule is CC(C)c1c(C=O)nnn1-c1ccc(C(N)=O)cc1. The Labute approximate surface area is 110 Å². The molecule has 1 aromatic heterocycles. The van der Waals surface area contributed by atoms with Crippen molar-refractivity contribution >= 4 is 12.2 Å². The van der Waals surface area contributed by atoms with Crippen LogP contribution >= 0.6 is 0 Å². The van der Waals surface area contributed by atoms with Gasteiger partial charge in [-0.15, -0.1) is 5.10 Å². The first-order valence-electron chi connectivity index (χ1n) is 5.85. The van der Waals surface area contributed by atoms with E-state index in [-0.39, 0.29) is 5.92 Å². The Bertz CT molecular complexity index is 614. The summed E-state index contributed by atoms with van der Waals surface area (Å²) in [7, 11) is 0. The number of carbonyl (C=O) groups is 2. The van der Waals surface area contributed by atoms with E-state index in [4.69, 9.17) is 5.73 Å². The zero-order valence-corrected chi connectivity index (χ0v) is 10.7. The van der Waals surface area contributed by atoms with Crippen molar-refractivity contribution in [2.45, 2.75) is 19.8 Å². The highest BCUT2D eigenvalue weighted by Gasteiger charge is 2.16. The van der Waals surface area contributed by atoms with Gasteiger partial charge in [0.25, 0.3) is 0 Å². The Morgan fingerprint density at radius 2 is 1.95 bits per heavy atom. The number of nitrogens with zero attached hydrogens (tertiary/aromatic N) is 3.